The second-order valence-electron chi connectivity index (χ2n) is 6.11. The standard InChI is InChI=1S/C22H28.C2H4/c1-3-20(22-17-11-6-12-18-22)14-8-4-7-13-19(2)21-15-9-5-10-16-21;1-2/h4-6,8-12,15-20H,3,7,13-14H2,1-2H3;1-2H2/b8-4+;. The van der Waals surface area contributed by atoms with Gasteiger partial charge in [0.25, 0.3) is 0 Å². The summed E-state index contributed by atoms with van der Waals surface area (Å²) in [6.45, 7) is 10.6. The molecule has 0 aliphatic rings. The molecule has 0 fully saturated rings. The van der Waals surface area contributed by atoms with Gasteiger partial charge in [0.15, 0.2) is 0 Å². The van der Waals surface area contributed by atoms with Crippen LogP contribution in [0.1, 0.15) is 62.5 Å². The topological polar surface area (TPSA) is 0 Å². The van der Waals surface area contributed by atoms with Crippen molar-refractivity contribution in [2.45, 2.75) is 51.4 Å². The summed E-state index contributed by atoms with van der Waals surface area (Å²) in [5, 5.41) is 0. The van der Waals surface area contributed by atoms with Gasteiger partial charge in [-0.2, -0.15) is 0 Å². The highest BCUT2D eigenvalue weighted by Gasteiger charge is 2.06. The molecule has 0 aliphatic heterocycles. The Labute approximate surface area is 148 Å². The predicted molar refractivity (Wildman–Crippen MR) is 109 cm³/mol. The van der Waals surface area contributed by atoms with E-state index in [1.807, 2.05) is 0 Å². The van der Waals surface area contributed by atoms with E-state index < -0.39 is 0 Å². The molecule has 0 heteroatoms. The van der Waals surface area contributed by atoms with Gasteiger partial charge in [0, 0.05) is 0 Å². The minimum Gasteiger partial charge on any atom is -0.106 e. The van der Waals surface area contributed by atoms with Crippen molar-refractivity contribution in [1.82, 2.24) is 0 Å². The lowest BCUT2D eigenvalue weighted by Gasteiger charge is -2.13. The van der Waals surface area contributed by atoms with Crippen molar-refractivity contribution < 1.29 is 0 Å². The van der Waals surface area contributed by atoms with Crippen LogP contribution in [0.2, 0.25) is 0 Å². The van der Waals surface area contributed by atoms with Crippen LogP contribution in [0.15, 0.2) is 86.0 Å². The summed E-state index contributed by atoms with van der Waals surface area (Å²) < 4.78 is 0. The fourth-order valence-corrected chi connectivity index (χ4v) is 2.94. The number of hydrogen-bond donors (Lipinski definition) is 0. The van der Waals surface area contributed by atoms with Crippen molar-refractivity contribution in [3.63, 3.8) is 0 Å². The number of allylic oxidation sites excluding steroid dienone is 2. The summed E-state index contributed by atoms with van der Waals surface area (Å²) in [6.07, 6.45) is 9.49. The summed E-state index contributed by atoms with van der Waals surface area (Å²) in [5.41, 5.74) is 2.92. The first-order valence-electron chi connectivity index (χ1n) is 9.06. The largest absolute Gasteiger partial charge is 0.106 e. The molecule has 2 rings (SSSR count). The van der Waals surface area contributed by atoms with Gasteiger partial charge in [-0.1, -0.05) is 86.7 Å². The molecule has 0 saturated carbocycles. The maximum Gasteiger partial charge on any atom is -0.0130 e. The van der Waals surface area contributed by atoms with Gasteiger partial charge >= 0.3 is 0 Å². The Kier molecular flexibility index (Phi) is 10.3. The second-order valence-corrected chi connectivity index (χ2v) is 6.11. The van der Waals surface area contributed by atoms with Crippen LogP contribution < -0.4 is 0 Å². The molecular formula is C24H32. The Morgan fingerprint density at radius 2 is 1.38 bits per heavy atom. The molecule has 2 atom stereocenters. The highest BCUT2D eigenvalue weighted by atomic mass is 14.1. The van der Waals surface area contributed by atoms with Crippen molar-refractivity contribution in [2.24, 2.45) is 0 Å². The van der Waals surface area contributed by atoms with Crippen molar-refractivity contribution in [3.8, 4) is 0 Å². The van der Waals surface area contributed by atoms with E-state index in [0.717, 1.165) is 6.42 Å². The van der Waals surface area contributed by atoms with Crippen LogP contribution in [-0.2, 0) is 0 Å². The van der Waals surface area contributed by atoms with Crippen LogP contribution in [0, 0.1) is 0 Å². The van der Waals surface area contributed by atoms with Crippen molar-refractivity contribution in [2.75, 3.05) is 0 Å². The van der Waals surface area contributed by atoms with Crippen LogP contribution in [0.5, 0.6) is 0 Å². The van der Waals surface area contributed by atoms with E-state index in [1.54, 1.807) is 0 Å². The van der Waals surface area contributed by atoms with Gasteiger partial charge in [-0.25, -0.2) is 0 Å². The molecule has 0 radical (unpaired) electrons. The van der Waals surface area contributed by atoms with E-state index in [0.29, 0.717) is 11.8 Å². The fourth-order valence-electron chi connectivity index (χ4n) is 2.94. The van der Waals surface area contributed by atoms with E-state index in [4.69, 9.17) is 0 Å². The molecule has 0 spiro atoms. The SMILES string of the molecule is C=C.CCC(C/C=C/CCC(C)c1ccccc1)c1ccccc1. The molecule has 0 nitrogen and oxygen atoms in total. The van der Waals surface area contributed by atoms with E-state index in [2.05, 4.69) is 99.8 Å². The monoisotopic (exact) mass is 320 g/mol. The van der Waals surface area contributed by atoms with Crippen LogP contribution in [0.25, 0.3) is 0 Å². The molecular weight excluding hydrogens is 288 g/mol. The van der Waals surface area contributed by atoms with Crippen molar-refractivity contribution in [1.29, 1.82) is 0 Å². The molecule has 0 aliphatic carbocycles. The van der Waals surface area contributed by atoms with E-state index in [1.165, 1.54) is 30.4 Å². The molecule has 2 aromatic rings. The average molecular weight is 321 g/mol. The van der Waals surface area contributed by atoms with Crippen LogP contribution in [0.4, 0.5) is 0 Å². The molecule has 0 heterocycles. The van der Waals surface area contributed by atoms with Crippen LogP contribution in [-0.4, -0.2) is 0 Å². The third-order valence-corrected chi connectivity index (χ3v) is 4.49. The zero-order chi connectivity index (χ0) is 17.6. The predicted octanol–water partition coefficient (Wildman–Crippen LogP) is 7.51. The van der Waals surface area contributed by atoms with E-state index in [9.17, 15) is 0 Å². The number of benzene rings is 2. The normalized spacial score (nSPS) is 13.1. The minimum atomic E-state index is 0.641. The Balaban J connectivity index is 0.00000139. The van der Waals surface area contributed by atoms with E-state index in [-0.39, 0.29) is 0 Å². The van der Waals surface area contributed by atoms with Gasteiger partial charge in [-0.05, 0) is 48.6 Å². The smallest absolute Gasteiger partial charge is 0.0130 e. The van der Waals surface area contributed by atoms with Gasteiger partial charge in [0.2, 0.25) is 0 Å². The molecule has 2 unspecified atom stereocenters. The molecule has 0 amide bonds. The van der Waals surface area contributed by atoms with Gasteiger partial charge < -0.3 is 0 Å². The van der Waals surface area contributed by atoms with Crippen LogP contribution in [0.3, 0.4) is 0 Å². The third-order valence-electron chi connectivity index (χ3n) is 4.49. The molecule has 0 aromatic heterocycles. The van der Waals surface area contributed by atoms with Gasteiger partial charge in [-0.3, -0.25) is 0 Å². The Hall–Kier alpha value is -2.08. The maximum absolute atomic E-state index is 3.00. The lowest BCUT2D eigenvalue weighted by atomic mass is 9.92. The lowest BCUT2D eigenvalue weighted by molar-refractivity contribution is 0.665. The Morgan fingerprint density at radius 3 is 1.92 bits per heavy atom. The summed E-state index contributed by atoms with van der Waals surface area (Å²) in [5.74, 6) is 1.30. The minimum absolute atomic E-state index is 0.641. The van der Waals surface area contributed by atoms with Crippen molar-refractivity contribution >= 4 is 0 Å². The first-order valence-corrected chi connectivity index (χ1v) is 9.06. The summed E-state index contributed by atoms with van der Waals surface area (Å²) in [4.78, 5) is 0. The van der Waals surface area contributed by atoms with Gasteiger partial charge in [0.1, 0.15) is 0 Å². The molecule has 128 valence electrons. The van der Waals surface area contributed by atoms with Gasteiger partial charge in [-0.15, -0.1) is 13.2 Å². The molecule has 2 aromatic carbocycles. The number of hydrogen-bond acceptors (Lipinski definition) is 0. The Morgan fingerprint density at radius 1 is 0.833 bits per heavy atom. The van der Waals surface area contributed by atoms with Crippen LogP contribution >= 0.6 is 0 Å². The molecule has 0 N–H and O–H groups in total. The van der Waals surface area contributed by atoms with Crippen molar-refractivity contribution in [3.05, 3.63) is 97.1 Å². The highest BCUT2D eigenvalue weighted by Crippen LogP contribution is 2.24. The Bertz CT molecular complexity index is 553. The summed E-state index contributed by atoms with van der Waals surface area (Å²) in [7, 11) is 0. The highest BCUT2D eigenvalue weighted by molar-refractivity contribution is 5.20. The second kappa shape index (κ2) is 12.4. The lowest BCUT2D eigenvalue weighted by Crippen LogP contribution is -1.95. The average Bonchev–Trinajstić information content (AvgIpc) is 2.67. The first-order chi connectivity index (χ1) is 11.8. The zero-order valence-electron chi connectivity index (χ0n) is 15.3. The summed E-state index contributed by atoms with van der Waals surface area (Å²) in [6, 6.07) is 21.7. The first kappa shape index (κ1) is 20.0. The molecule has 0 bridgehead atoms. The quantitative estimate of drug-likeness (QED) is 0.441. The molecule has 0 saturated heterocycles. The maximum atomic E-state index is 3.00. The van der Waals surface area contributed by atoms with E-state index >= 15 is 0 Å². The zero-order valence-corrected chi connectivity index (χ0v) is 15.3. The third kappa shape index (κ3) is 7.00. The summed E-state index contributed by atoms with van der Waals surface area (Å²) >= 11 is 0. The van der Waals surface area contributed by atoms with Gasteiger partial charge in [0.05, 0.1) is 0 Å². The fraction of sp³-hybridized carbons (Fsp3) is 0.333. The molecule has 24 heavy (non-hydrogen) atoms. The number of rotatable bonds is 8.